The van der Waals surface area contributed by atoms with Gasteiger partial charge in [0.25, 0.3) is 0 Å². The molecule has 3 aromatic rings. The number of halogens is 1. The van der Waals surface area contributed by atoms with Crippen molar-refractivity contribution < 1.29 is 42.7 Å². The van der Waals surface area contributed by atoms with E-state index in [1.54, 1.807) is 37.3 Å². The Balaban J connectivity index is 0.00000380. The zero-order valence-electron chi connectivity index (χ0n) is 20.6. The van der Waals surface area contributed by atoms with Crippen LogP contribution in [0.2, 0.25) is 0 Å². The second-order valence-electron chi connectivity index (χ2n) is 8.74. The molecule has 2 aromatic carbocycles. The molecule has 1 aliphatic rings. The summed E-state index contributed by atoms with van der Waals surface area (Å²) in [6.07, 6.45) is 2.63. The fourth-order valence-electron chi connectivity index (χ4n) is 4.44. The van der Waals surface area contributed by atoms with Crippen molar-refractivity contribution in [1.82, 2.24) is 14.9 Å². The van der Waals surface area contributed by atoms with Crippen LogP contribution in [0.1, 0.15) is 61.3 Å². The van der Waals surface area contributed by atoms with Gasteiger partial charge < -0.3 is 21.0 Å². The zero-order chi connectivity index (χ0) is 25.8. The quantitative estimate of drug-likeness (QED) is 0.406. The summed E-state index contributed by atoms with van der Waals surface area (Å²) in [4.78, 5) is 45.9. The van der Waals surface area contributed by atoms with E-state index in [2.05, 4.69) is 15.3 Å². The van der Waals surface area contributed by atoms with Gasteiger partial charge >= 0.3 is 24.8 Å². The summed E-state index contributed by atoms with van der Waals surface area (Å²) in [5.74, 6) is -2.36. The van der Waals surface area contributed by atoms with Gasteiger partial charge in [-0.05, 0) is 60.7 Å². The van der Waals surface area contributed by atoms with Gasteiger partial charge in [0.1, 0.15) is 18.1 Å². The summed E-state index contributed by atoms with van der Waals surface area (Å²) in [6, 6.07) is 10.9. The Bertz CT molecular complexity index is 1340. The van der Waals surface area contributed by atoms with Crippen LogP contribution < -0.4 is 24.6 Å². The molecule has 0 radical (unpaired) electrons. The van der Waals surface area contributed by atoms with Crippen LogP contribution in [0.25, 0.3) is 5.32 Å². The van der Waals surface area contributed by atoms with Crippen LogP contribution >= 0.6 is 0 Å². The molecule has 9 nitrogen and oxygen atoms in total. The largest absolute Gasteiger partial charge is 1.00 e. The molecular formula is C26H25FLiN5O4. The third-order valence-electron chi connectivity index (χ3n) is 6.17. The Hall–Kier alpha value is -3.58. The molecule has 11 heteroatoms. The van der Waals surface area contributed by atoms with Crippen molar-refractivity contribution in [3.63, 3.8) is 0 Å². The van der Waals surface area contributed by atoms with E-state index < -0.39 is 17.8 Å². The number of carboxylic acids is 1. The molecule has 1 unspecified atom stereocenters. The maximum Gasteiger partial charge on any atom is 1.00 e. The van der Waals surface area contributed by atoms with Crippen molar-refractivity contribution in [1.29, 1.82) is 0 Å². The predicted octanol–water partition coefficient (Wildman–Crippen LogP) is 0.315. The maximum absolute atomic E-state index is 13.5. The van der Waals surface area contributed by atoms with Gasteiger partial charge in [0.2, 0.25) is 5.91 Å². The number of hydrogen-bond donors (Lipinski definition) is 2. The SMILES string of the molecule is Cc1cc(C[N-]C(=O)c2cc(CN(CC(N)=O)C3CCc4cc(C(=O)O)ccc43)ncn2)ccc1F.[Li+]. The fraction of sp³-hybridized carbons (Fsp3) is 0.269. The Morgan fingerprint density at radius 3 is 2.65 bits per heavy atom. The summed E-state index contributed by atoms with van der Waals surface area (Å²) < 4.78 is 13.5. The zero-order valence-corrected chi connectivity index (χ0v) is 20.6. The average molecular weight is 497 g/mol. The first kappa shape index (κ1) is 28.0. The molecule has 0 spiro atoms. The van der Waals surface area contributed by atoms with Crippen molar-refractivity contribution in [2.75, 3.05) is 6.54 Å². The van der Waals surface area contributed by atoms with E-state index in [9.17, 15) is 23.9 Å². The van der Waals surface area contributed by atoms with Crippen molar-refractivity contribution in [3.05, 3.63) is 99.1 Å². The first-order valence-electron chi connectivity index (χ1n) is 11.4. The standard InChI is InChI=1S/C26H26FN5O4.Li/c1-15-8-16(2-6-21(15)27)11-29-25(34)22-10-19(30-14-31-22)12-32(13-24(28)33)23-7-4-17-9-18(26(35)36)3-5-20(17)23;/h2-3,5-6,8-10,14,23H,4,7,11-13H2,1H3,(H4,28,29,33,34,35,36);/q;+1/p-1. The van der Waals surface area contributed by atoms with Crippen molar-refractivity contribution in [2.45, 2.75) is 38.9 Å². The number of fused-ring (bicyclic) bond motifs is 1. The minimum Gasteiger partial charge on any atom is -0.644 e. The minimum atomic E-state index is -0.992. The first-order chi connectivity index (χ1) is 17.2. The topological polar surface area (TPSA) is 141 Å². The van der Waals surface area contributed by atoms with Gasteiger partial charge in [0, 0.05) is 12.6 Å². The summed E-state index contributed by atoms with van der Waals surface area (Å²) in [5, 5.41) is 13.3. The van der Waals surface area contributed by atoms with Crippen molar-refractivity contribution in [3.8, 4) is 0 Å². The number of carbonyl (C=O) groups is 3. The molecule has 2 amide bonds. The van der Waals surface area contributed by atoms with Gasteiger partial charge in [-0.25, -0.2) is 19.2 Å². The molecule has 0 saturated heterocycles. The first-order valence-corrected chi connectivity index (χ1v) is 11.4. The number of aryl methyl sites for hydroxylation is 2. The van der Waals surface area contributed by atoms with Crippen molar-refractivity contribution in [2.24, 2.45) is 5.73 Å². The number of aromatic carboxylic acids is 1. The molecule has 1 aromatic heterocycles. The van der Waals surface area contributed by atoms with Gasteiger partial charge in [0.05, 0.1) is 23.5 Å². The fourth-order valence-corrected chi connectivity index (χ4v) is 4.44. The molecule has 186 valence electrons. The Morgan fingerprint density at radius 2 is 1.95 bits per heavy atom. The summed E-state index contributed by atoms with van der Waals surface area (Å²) in [5.41, 5.74) is 9.38. The maximum atomic E-state index is 13.5. The van der Waals surface area contributed by atoms with Crippen LogP contribution in [-0.4, -0.2) is 44.3 Å². The van der Waals surface area contributed by atoms with E-state index in [0.717, 1.165) is 11.1 Å². The minimum absolute atomic E-state index is 0. The number of carboxylic acid groups (broad SMARTS) is 1. The smallest absolute Gasteiger partial charge is 0.644 e. The molecule has 3 N–H and O–H groups in total. The van der Waals surface area contributed by atoms with E-state index in [1.807, 2.05) is 4.90 Å². The van der Waals surface area contributed by atoms with Gasteiger partial charge in [0.15, 0.2) is 0 Å². The number of carbonyl (C=O) groups excluding carboxylic acids is 2. The molecule has 37 heavy (non-hydrogen) atoms. The molecule has 0 saturated carbocycles. The van der Waals surface area contributed by atoms with Gasteiger partial charge in [-0.15, -0.1) is 6.54 Å². The van der Waals surface area contributed by atoms with E-state index in [4.69, 9.17) is 5.73 Å². The third-order valence-corrected chi connectivity index (χ3v) is 6.17. The Kier molecular flexibility index (Phi) is 9.16. The second kappa shape index (κ2) is 12.1. The summed E-state index contributed by atoms with van der Waals surface area (Å²) in [7, 11) is 0. The van der Waals surface area contributed by atoms with Gasteiger partial charge in [-0.3, -0.25) is 9.69 Å². The molecular weight excluding hydrogens is 472 g/mol. The van der Waals surface area contributed by atoms with E-state index in [-0.39, 0.29) is 61.6 Å². The number of hydrogen-bond acceptors (Lipinski definition) is 6. The average Bonchev–Trinajstić information content (AvgIpc) is 3.27. The molecule has 0 aliphatic heterocycles. The Morgan fingerprint density at radius 1 is 1.16 bits per heavy atom. The second-order valence-corrected chi connectivity index (χ2v) is 8.74. The van der Waals surface area contributed by atoms with Crippen LogP contribution in [0.15, 0.2) is 48.8 Å². The molecule has 0 bridgehead atoms. The molecule has 1 atom stereocenters. The third kappa shape index (κ3) is 6.80. The van der Waals surface area contributed by atoms with Crippen LogP contribution in [0.5, 0.6) is 0 Å². The molecule has 4 rings (SSSR count). The van der Waals surface area contributed by atoms with Gasteiger partial charge in [-0.2, -0.15) is 0 Å². The van der Waals surface area contributed by atoms with Crippen LogP contribution in [-0.2, 0) is 24.3 Å². The van der Waals surface area contributed by atoms with Crippen molar-refractivity contribution >= 4 is 17.8 Å². The number of aromatic nitrogens is 2. The van der Waals surface area contributed by atoms with E-state index in [1.165, 1.54) is 18.5 Å². The molecule has 0 fully saturated rings. The van der Waals surface area contributed by atoms with E-state index >= 15 is 0 Å². The van der Waals surface area contributed by atoms with Crippen LogP contribution in [0.4, 0.5) is 4.39 Å². The monoisotopic (exact) mass is 497 g/mol. The predicted molar refractivity (Wildman–Crippen MR) is 129 cm³/mol. The summed E-state index contributed by atoms with van der Waals surface area (Å²) in [6.45, 7) is 1.92. The number of rotatable bonds is 9. The number of primary amides is 1. The van der Waals surface area contributed by atoms with Crippen LogP contribution in [0, 0.1) is 12.7 Å². The number of benzene rings is 2. The number of amides is 2. The van der Waals surface area contributed by atoms with Gasteiger partial charge in [-0.1, -0.05) is 23.8 Å². The normalized spacial score (nSPS) is 14.1. The number of nitrogens with two attached hydrogens (primary N) is 1. The van der Waals surface area contributed by atoms with Crippen LogP contribution in [0.3, 0.4) is 0 Å². The Labute approximate surface area is 225 Å². The molecule has 1 heterocycles. The summed E-state index contributed by atoms with van der Waals surface area (Å²) >= 11 is 0. The van der Waals surface area contributed by atoms with E-state index in [0.29, 0.717) is 29.7 Å². The molecule has 1 aliphatic carbocycles. The number of nitrogens with zero attached hydrogens (tertiary/aromatic N) is 4.